The van der Waals surface area contributed by atoms with Gasteiger partial charge in [-0.1, -0.05) is 18.2 Å². The van der Waals surface area contributed by atoms with Crippen LogP contribution in [0.25, 0.3) is 10.2 Å². The molecule has 176 valence electrons. The molecule has 0 fully saturated rings. The molecule has 1 unspecified atom stereocenters. The first-order valence-electron chi connectivity index (χ1n) is 10.3. The van der Waals surface area contributed by atoms with Crippen LogP contribution in [0.15, 0.2) is 53.3 Å². The third kappa shape index (κ3) is 4.67. The minimum atomic E-state index is -4.49. The quantitative estimate of drug-likeness (QED) is 0.324. The SMILES string of the molecule is Cc1sc2nc(C(C)OC(=O)c3ccccc3Nc3cccc(C(F)(F)F)c3)[nH]c(=O)c2c1C. The first-order chi connectivity index (χ1) is 16.0. The second-order valence-electron chi connectivity index (χ2n) is 7.71. The zero-order valence-corrected chi connectivity index (χ0v) is 19.2. The van der Waals surface area contributed by atoms with Crippen molar-refractivity contribution in [2.24, 2.45) is 0 Å². The van der Waals surface area contributed by atoms with Gasteiger partial charge in [-0.2, -0.15) is 13.2 Å². The van der Waals surface area contributed by atoms with Crippen molar-refractivity contribution in [2.45, 2.75) is 33.1 Å². The number of thiophene rings is 1. The topological polar surface area (TPSA) is 84.1 Å². The summed E-state index contributed by atoms with van der Waals surface area (Å²) in [7, 11) is 0. The Balaban J connectivity index is 1.58. The Hall–Kier alpha value is -3.66. The molecule has 6 nitrogen and oxygen atoms in total. The molecule has 34 heavy (non-hydrogen) atoms. The maximum atomic E-state index is 13.0. The molecule has 1 atom stereocenters. The van der Waals surface area contributed by atoms with Crippen molar-refractivity contribution in [2.75, 3.05) is 5.32 Å². The van der Waals surface area contributed by atoms with Crippen LogP contribution in [0.5, 0.6) is 0 Å². The van der Waals surface area contributed by atoms with E-state index in [0.717, 1.165) is 22.6 Å². The second-order valence-corrected chi connectivity index (χ2v) is 8.91. The Kier molecular flexibility index (Phi) is 6.18. The van der Waals surface area contributed by atoms with Crippen molar-refractivity contribution >= 4 is 38.9 Å². The Morgan fingerprint density at radius 3 is 2.62 bits per heavy atom. The van der Waals surface area contributed by atoms with Crippen molar-refractivity contribution in [1.82, 2.24) is 9.97 Å². The highest BCUT2D eigenvalue weighted by Crippen LogP contribution is 2.32. The molecule has 0 saturated carbocycles. The summed E-state index contributed by atoms with van der Waals surface area (Å²) >= 11 is 1.38. The number of rotatable bonds is 5. The number of para-hydroxylation sites is 1. The maximum absolute atomic E-state index is 13.0. The van der Waals surface area contributed by atoms with Gasteiger partial charge in [0.15, 0.2) is 11.9 Å². The molecule has 0 aliphatic carbocycles. The summed E-state index contributed by atoms with van der Waals surface area (Å²) in [4.78, 5) is 34.1. The lowest BCUT2D eigenvalue weighted by atomic mass is 10.1. The van der Waals surface area contributed by atoms with Crippen LogP contribution in [0.1, 0.15) is 45.2 Å². The van der Waals surface area contributed by atoms with Crippen molar-refractivity contribution in [3.8, 4) is 0 Å². The Bertz CT molecular complexity index is 1440. The van der Waals surface area contributed by atoms with E-state index >= 15 is 0 Å². The van der Waals surface area contributed by atoms with E-state index in [1.165, 1.54) is 29.5 Å². The molecule has 10 heteroatoms. The van der Waals surface area contributed by atoms with E-state index in [-0.39, 0.29) is 28.3 Å². The molecular weight excluding hydrogens is 467 g/mol. The van der Waals surface area contributed by atoms with E-state index in [4.69, 9.17) is 4.74 Å². The van der Waals surface area contributed by atoms with Gasteiger partial charge in [-0.25, -0.2) is 9.78 Å². The smallest absolute Gasteiger partial charge is 0.416 e. The number of halogens is 3. The zero-order chi connectivity index (χ0) is 24.6. The number of aromatic nitrogens is 2. The number of nitrogens with zero attached hydrogens (tertiary/aromatic N) is 1. The molecule has 0 radical (unpaired) electrons. The highest BCUT2D eigenvalue weighted by Gasteiger charge is 2.30. The summed E-state index contributed by atoms with van der Waals surface area (Å²) < 4.78 is 44.6. The number of anilines is 2. The number of nitrogens with one attached hydrogen (secondary N) is 2. The van der Waals surface area contributed by atoms with E-state index in [0.29, 0.717) is 10.2 Å². The van der Waals surface area contributed by atoms with Gasteiger partial charge >= 0.3 is 12.1 Å². The van der Waals surface area contributed by atoms with E-state index in [2.05, 4.69) is 15.3 Å². The van der Waals surface area contributed by atoms with Gasteiger partial charge in [-0.3, -0.25) is 4.79 Å². The van der Waals surface area contributed by atoms with E-state index < -0.39 is 23.8 Å². The molecular formula is C24H20F3N3O3S. The summed E-state index contributed by atoms with van der Waals surface area (Å²) in [6.07, 6.45) is -5.36. The van der Waals surface area contributed by atoms with E-state index in [1.54, 1.807) is 25.1 Å². The average molecular weight is 488 g/mol. The molecule has 2 heterocycles. The summed E-state index contributed by atoms with van der Waals surface area (Å²) in [6, 6.07) is 11.0. The lowest BCUT2D eigenvalue weighted by Crippen LogP contribution is -2.17. The van der Waals surface area contributed by atoms with Gasteiger partial charge in [0.05, 0.1) is 22.2 Å². The average Bonchev–Trinajstić information content (AvgIpc) is 3.07. The van der Waals surface area contributed by atoms with Gasteiger partial charge < -0.3 is 15.0 Å². The standard InChI is InChI=1S/C24H20F3N3O3S/c1-12-14(3)34-22-19(12)21(31)29-20(30-22)13(2)33-23(32)17-9-4-5-10-18(17)28-16-8-6-7-15(11-16)24(25,26)27/h4-11,13,28H,1-3H3,(H,29,30,31). The van der Waals surface area contributed by atoms with Crippen molar-refractivity contribution in [3.63, 3.8) is 0 Å². The van der Waals surface area contributed by atoms with Crippen molar-refractivity contribution in [1.29, 1.82) is 0 Å². The van der Waals surface area contributed by atoms with E-state index in [1.807, 2.05) is 13.8 Å². The van der Waals surface area contributed by atoms with Gasteiger partial charge in [0.2, 0.25) is 0 Å². The van der Waals surface area contributed by atoms with Gasteiger partial charge in [0, 0.05) is 10.6 Å². The number of hydrogen-bond acceptors (Lipinski definition) is 6. The summed E-state index contributed by atoms with van der Waals surface area (Å²) in [5, 5.41) is 3.36. The third-order valence-corrected chi connectivity index (χ3v) is 6.44. The minimum absolute atomic E-state index is 0.123. The minimum Gasteiger partial charge on any atom is -0.451 e. The fourth-order valence-electron chi connectivity index (χ4n) is 3.44. The van der Waals surface area contributed by atoms with Crippen LogP contribution >= 0.6 is 11.3 Å². The normalized spacial score (nSPS) is 12.5. The number of carbonyl (C=O) groups excluding carboxylic acids is 1. The first-order valence-corrected chi connectivity index (χ1v) is 11.1. The van der Waals surface area contributed by atoms with Gasteiger partial charge in [-0.15, -0.1) is 11.3 Å². The maximum Gasteiger partial charge on any atom is 0.416 e. The lowest BCUT2D eigenvalue weighted by Gasteiger charge is -2.16. The van der Waals surface area contributed by atoms with Crippen LogP contribution in [-0.4, -0.2) is 15.9 Å². The highest BCUT2D eigenvalue weighted by molar-refractivity contribution is 7.18. The Morgan fingerprint density at radius 1 is 1.15 bits per heavy atom. The molecule has 0 saturated heterocycles. The van der Waals surface area contributed by atoms with Crippen LogP contribution in [0.3, 0.4) is 0 Å². The molecule has 4 aromatic rings. The number of benzene rings is 2. The number of esters is 1. The number of hydrogen-bond donors (Lipinski definition) is 2. The number of H-pyrrole nitrogens is 1. The van der Waals surface area contributed by atoms with Crippen LogP contribution < -0.4 is 10.9 Å². The molecule has 0 spiro atoms. The van der Waals surface area contributed by atoms with Crippen molar-refractivity contribution in [3.05, 3.63) is 86.3 Å². The highest BCUT2D eigenvalue weighted by atomic mass is 32.1. The molecule has 4 rings (SSSR count). The molecule has 2 aromatic heterocycles. The second kappa shape index (κ2) is 8.94. The van der Waals surface area contributed by atoms with Crippen LogP contribution in [0.2, 0.25) is 0 Å². The molecule has 0 bridgehead atoms. The molecule has 2 aromatic carbocycles. The Labute approximate surface area is 196 Å². The van der Waals surface area contributed by atoms with Gasteiger partial charge in [-0.05, 0) is 56.7 Å². The number of aromatic amines is 1. The number of ether oxygens (including phenoxy) is 1. The fraction of sp³-hybridized carbons (Fsp3) is 0.208. The molecule has 2 N–H and O–H groups in total. The zero-order valence-electron chi connectivity index (χ0n) is 18.4. The summed E-state index contributed by atoms with van der Waals surface area (Å²) in [5.74, 6) is -0.515. The monoisotopic (exact) mass is 487 g/mol. The fourth-order valence-corrected chi connectivity index (χ4v) is 4.48. The van der Waals surface area contributed by atoms with Crippen LogP contribution in [-0.2, 0) is 10.9 Å². The largest absolute Gasteiger partial charge is 0.451 e. The molecule has 0 aliphatic heterocycles. The van der Waals surface area contributed by atoms with Gasteiger partial charge in [0.1, 0.15) is 4.83 Å². The molecule has 0 amide bonds. The third-order valence-electron chi connectivity index (χ3n) is 5.34. The van der Waals surface area contributed by atoms with Crippen LogP contribution in [0.4, 0.5) is 24.5 Å². The Morgan fingerprint density at radius 2 is 1.88 bits per heavy atom. The lowest BCUT2D eigenvalue weighted by molar-refractivity contribution is -0.137. The van der Waals surface area contributed by atoms with Gasteiger partial charge in [0.25, 0.3) is 5.56 Å². The van der Waals surface area contributed by atoms with Crippen molar-refractivity contribution < 1.29 is 22.7 Å². The number of aryl methyl sites for hydroxylation is 2. The first kappa shape index (κ1) is 23.5. The summed E-state index contributed by atoms with van der Waals surface area (Å²) in [5.41, 5.74) is 0.313. The predicted octanol–water partition coefficient (Wildman–Crippen LogP) is 6.28. The summed E-state index contributed by atoms with van der Waals surface area (Å²) in [6.45, 7) is 5.33. The number of alkyl halides is 3. The van der Waals surface area contributed by atoms with E-state index in [9.17, 15) is 22.8 Å². The predicted molar refractivity (Wildman–Crippen MR) is 125 cm³/mol. The van der Waals surface area contributed by atoms with Crippen LogP contribution in [0, 0.1) is 13.8 Å². The molecule has 0 aliphatic rings. The number of fused-ring (bicyclic) bond motifs is 1. The number of carbonyl (C=O) groups is 1.